The van der Waals surface area contributed by atoms with Crippen LogP contribution in [0.2, 0.25) is 0 Å². The monoisotopic (exact) mass is 440 g/mol. The minimum Gasteiger partial charge on any atom is -0.497 e. The van der Waals surface area contributed by atoms with Crippen molar-refractivity contribution in [2.24, 2.45) is 0 Å². The molecule has 1 fully saturated rings. The Balaban J connectivity index is 0.000000339. The number of nitrogens with one attached hydrogen (secondary N) is 2. The molecule has 166 valence electrons. The number of anilines is 1. The Kier molecular flexibility index (Phi) is 6.74. The van der Waals surface area contributed by atoms with Crippen LogP contribution in [0.25, 0.3) is 11.5 Å². The highest BCUT2D eigenvalue weighted by Gasteiger charge is 2.38. The molecular weight excluding hydrogens is 421 g/mol. The van der Waals surface area contributed by atoms with E-state index in [2.05, 4.69) is 30.6 Å². The number of aliphatic carboxylic acids is 1. The number of alkyl halides is 3. The fourth-order valence-electron chi connectivity index (χ4n) is 2.79. The van der Waals surface area contributed by atoms with Crippen LogP contribution in [0.5, 0.6) is 5.75 Å². The first-order valence-electron chi connectivity index (χ1n) is 9.03. The van der Waals surface area contributed by atoms with E-state index >= 15 is 0 Å². The number of H-pyrrole nitrogens is 1. The smallest absolute Gasteiger partial charge is 0.490 e. The summed E-state index contributed by atoms with van der Waals surface area (Å²) in [4.78, 5) is 11.0. The third-order valence-corrected chi connectivity index (χ3v) is 4.36. The number of hydrogen-bond acceptors (Lipinski definition) is 8. The number of methoxy groups -OCH3 is 1. The number of aromatic nitrogens is 4. The van der Waals surface area contributed by atoms with Crippen LogP contribution in [0.1, 0.15) is 11.6 Å². The summed E-state index contributed by atoms with van der Waals surface area (Å²) < 4.78 is 42.8. The van der Waals surface area contributed by atoms with Crippen LogP contribution in [0.4, 0.5) is 19.2 Å². The molecule has 3 heterocycles. The number of carboxylic acid groups (broad SMARTS) is 1. The highest BCUT2D eigenvalue weighted by molar-refractivity contribution is 5.73. The Morgan fingerprint density at radius 1 is 1.29 bits per heavy atom. The second-order valence-electron chi connectivity index (χ2n) is 6.41. The van der Waals surface area contributed by atoms with E-state index in [9.17, 15) is 13.2 Å². The van der Waals surface area contributed by atoms with E-state index in [-0.39, 0.29) is 6.04 Å². The lowest BCUT2D eigenvalue weighted by molar-refractivity contribution is -0.192. The lowest BCUT2D eigenvalue weighted by atomic mass is 10.1. The standard InChI is InChI=1S/C16H18N6O2.C2HF3O2/c1-23-13-4-2-11(3-5-13)15-20-21-16(24-15)22-7-6-17-14(10-22)12-8-18-19-9-12;3-2(4,5)1(6)7/h2-5,8-9,14,17H,6-7,10H2,1H3,(H,18,19);(H,6,7). The SMILES string of the molecule is COc1ccc(-c2nnc(N3CCNC(c4cn[nH]c4)C3)o2)cc1.O=C(O)C(F)(F)F. The molecule has 13 heteroatoms. The summed E-state index contributed by atoms with van der Waals surface area (Å²) in [5.74, 6) is -1.46. The van der Waals surface area contributed by atoms with Crippen molar-refractivity contribution in [2.45, 2.75) is 12.2 Å². The van der Waals surface area contributed by atoms with E-state index in [4.69, 9.17) is 19.1 Å². The van der Waals surface area contributed by atoms with Gasteiger partial charge in [0.2, 0.25) is 5.89 Å². The van der Waals surface area contributed by atoms with E-state index in [0.717, 1.165) is 36.5 Å². The summed E-state index contributed by atoms with van der Waals surface area (Å²) >= 11 is 0. The minimum absolute atomic E-state index is 0.189. The Morgan fingerprint density at radius 3 is 2.58 bits per heavy atom. The van der Waals surface area contributed by atoms with E-state index < -0.39 is 12.1 Å². The lowest BCUT2D eigenvalue weighted by Gasteiger charge is -2.31. The molecular formula is C18H19F3N6O4. The Bertz CT molecular complexity index is 975. The molecule has 1 aliphatic rings. The molecule has 0 bridgehead atoms. The van der Waals surface area contributed by atoms with Crippen LogP contribution in [0, 0.1) is 0 Å². The third-order valence-electron chi connectivity index (χ3n) is 4.36. The topological polar surface area (TPSA) is 129 Å². The summed E-state index contributed by atoms with van der Waals surface area (Å²) in [6.45, 7) is 2.42. The molecule has 1 unspecified atom stereocenters. The van der Waals surface area contributed by atoms with Crippen molar-refractivity contribution in [2.75, 3.05) is 31.6 Å². The minimum atomic E-state index is -5.08. The van der Waals surface area contributed by atoms with Gasteiger partial charge in [-0.05, 0) is 24.3 Å². The first-order chi connectivity index (χ1) is 14.8. The van der Waals surface area contributed by atoms with Crippen LogP contribution in [0.15, 0.2) is 41.1 Å². The van der Waals surface area contributed by atoms with E-state index in [1.165, 1.54) is 0 Å². The molecule has 2 aromatic heterocycles. The average molecular weight is 440 g/mol. The van der Waals surface area contributed by atoms with Gasteiger partial charge in [-0.2, -0.15) is 18.3 Å². The molecule has 0 saturated carbocycles. The maximum atomic E-state index is 10.6. The largest absolute Gasteiger partial charge is 0.497 e. The third kappa shape index (κ3) is 5.72. The van der Waals surface area contributed by atoms with Crippen molar-refractivity contribution >= 4 is 12.0 Å². The van der Waals surface area contributed by atoms with Crippen molar-refractivity contribution in [3.05, 3.63) is 42.2 Å². The van der Waals surface area contributed by atoms with Gasteiger partial charge >= 0.3 is 18.2 Å². The van der Waals surface area contributed by atoms with E-state index in [1.807, 2.05) is 36.7 Å². The van der Waals surface area contributed by atoms with Gasteiger partial charge in [-0.25, -0.2) is 4.79 Å². The maximum Gasteiger partial charge on any atom is 0.490 e. The molecule has 1 atom stereocenters. The Hall–Kier alpha value is -3.61. The number of piperazine rings is 1. The molecule has 4 rings (SSSR count). The molecule has 0 spiro atoms. The van der Waals surface area contributed by atoms with Gasteiger partial charge in [0.1, 0.15) is 5.75 Å². The van der Waals surface area contributed by atoms with Gasteiger partial charge in [-0.3, -0.25) is 5.10 Å². The first kappa shape index (κ1) is 22.1. The number of ether oxygens (including phenoxy) is 1. The summed E-state index contributed by atoms with van der Waals surface area (Å²) in [6.07, 6.45) is -1.35. The zero-order chi connectivity index (χ0) is 22.4. The molecule has 3 N–H and O–H groups in total. The second kappa shape index (κ2) is 9.47. The molecule has 0 aliphatic carbocycles. The Morgan fingerprint density at radius 2 is 2.00 bits per heavy atom. The number of halogens is 3. The van der Waals surface area contributed by atoms with Crippen LogP contribution < -0.4 is 15.0 Å². The fourth-order valence-corrected chi connectivity index (χ4v) is 2.79. The summed E-state index contributed by atoms with van der Waals surface area (Å²) in [5, 5.41) is 25.8. The first-order valence-corrected chi connectivity index (χ1v) is 9.03. The molecule has 31 heavy (non-hydrogen) atoms. The van der Waals surface area contributed by atoms with Crippen LogP contribution in [0.3, 0.4) is 0 Å². The van der Waals surface area contributed by atoms with Gasteiger partial charge < -0.3 is 24.5 Å². The van der Waals surface area contributed by atoms with Gasteiger partial charge in [0.25, 0.3) is 0 Å². The van der Waals surface area contributed by atoms with E-state index in [0.29, 0.717) is 11.9 Å². The average Bonchev–Trinajstić information content (AvgIpc) is 3.46. The van der Waals surface area contributed by atoms with Crippen LogP contribution in [-0.4, -0.2) is 64.4 Å². The zero-order valence-electron chi connectivity index (χ0n) is 16.3. The molecule has 0 amide bonds. The quantitative estimate of drug-likeness (QED) is 0.559. The normalized spacial score (nSPS) is 16.4. The van der Waals surface area contributed by atoms with Crippen molar-refractivity contribution in [3.63, 3.8) is 0 Å². The molecule has 1 aromatic carbocycles. The van der Waals surface area contributed by atoms with Gasteiger partial charge in [0.05, 0.1) is 19.3 Å². The number of nitrogens with zero attached hydrogens (tertiary/aromatic N) is 4. The fraction of sp³-hybridized carbons (Fsp3) is 0.333. The summed E-state index contributed by atoms with van der Waals surface area (Å²) in [5.41, 5.74) is 1.99. The maximum absolute atomic E-state index is 10.6. The van der Waals surface area contributed by atoms with Crippen molar-refractivity contribution in [1.82, 2.24) is 25.7 Å². The lowest BCUT2D eigenvalue weighted by Crippen LogP contribution is -2.45. The van der Waals surface area contributed by atoms with Gasteiger partial charge in [0, 0.05) is 37.0 Å². The molecule has 10 nitrogen and oxygen atoms in total. The van der Waals surface area contributed by atoms with Gasteiger partial charge in [0.15, 0.2) is 0 Å². The predicted molar refractivity (Wildman–Crippen MR) is 102 cm³/mol. The van der Waals surface area contributed by atoms with Crippen molar-refractivity contribution < 1.29 is 32.2 Å². The predicted octanol–water partition coefficient (Wildman–Crippen LogP) is 2.25. The highest BCUT2D eigenvalue weighted by Crippen LogP contribution is 2.26. The number of carboxylic acids is 1. The van der Waals surface area contributed by atoms with Crippen LogP contribution >= 0.6 is 0 Å². The second-order valence-corrected chi connectivity index (χ2v) is 6.41. The number of aromatic amines is 1. The number of carbonyl (C=O) groups is 1. The van der Waals surface area contributed by atoms with E-state index in [1.54, 1.807) is 7.11 Å². The van der Waals surface area contributed by atoms with Crippen LogP contribution in [-0.2, 0) is 4.79 Å². The Labute approximate surface area is 174 Å². The zero-order valence-corrected chi connectivity index (χ0v) is 16.3. The van der Waals surface area contributed by atoms with Crippen molar-refractivity contribution in [3.8, 4) is 17.2 Å². The summed E-state index contributed by atoms with van der Waals surface area (Å²) in [6, 6.07) is 8.28. The summed E-state index contributed by atoms with van der Waals surface area (Å²) in [7, 11) is 1.64. The number of benzene rings is 1. The molecule has 3 aromatic rings. The number of hydrogen-bond donors (Lipinski definition) is 3. The van der Waals surface area contributed by atoms with Gasteiger partial charge in [-0.1, -0.05) is 5.10 Å². The molecule has 0 radical (unpaired) electrons. The number of rotatable bonds is 4. The van der Waals surface area contributed by atoms with Gasteiger partial charge in [-0.15, -0.1) is 5.10 Å². The molecule has 1 saturated heterocycles. The van der Waals surface area contributed by atoms with Crippen molar-refractivity contribution in [1.29, 1.82) is 0 Å². The highest BCUT2D eigenvalue weighted by atomic mass is 19.4. The molecule has 1 aliphatic heterocycles.